The van der Waals surface area contributed by atoms with Gasteiger partial charge in [0.2, 0.25) is 5.89 Å². The molecule has 0 spiro atoms. The Labute approximate surface area is 117 Å². The molecular weight excluding hydrogens is 250 g/mol. The summed E-state index contributed by atoms with van der Waals surface area (Å²) in [6.07, 6.45) is 0.977. The highest BCUT2D eigenvalue weighted by atomic mass is 16.5. The summed E-state index contributed by atoms with van der Waals surface area (Å²) in [7, 11) is 0. The SMILES string of the molecule is CC1(C)C(C#N)C1c1nc(C2Cc3ccccc32)no1. The van der Waals surface area contributed by atoms with Crippen LogP contribution < -0.4 is 0 Å². The molecule has 0 aliphatic heterocycles. The van der Waals surface area contributed by atoms with Crippen molar-refractivity contribution < 1.29 is 4.52 Å². The predicted octanol–water partition coefficient (Wildman–Crippen LogP) is 3.02. The maximum atomic E-state index is 9.14. The monoisotopic (exact) mass is 265 g/mol. The van der Waals surface area contributed by atoms with Gasteiger partial charge in [-0.05, 0) is 23.0 Å². The highest BCUT2D eigenvalue weighted by molar-refractivity contribution is 5.44. The van der Waals surface area contributed by atoms with E-state index in [4.69, 9.17) is 9.78 Å². The van der Waals surface area contributed by atoms with Crippen LogP contribution in [-0.4, -0.2) is 10.1 Å². The number of rotatable bonds is 2. The van der Waals surface area contributed by atoms with E-state index in [1.54, 1.807) is 0 Å². The molecule has 1 heterocycles. The van der Waals surface area contributed by atoms with Crippen molar-refractivity contribution in [1.29, 1.82) is 5.26 Å². The smallest absolute Gasteiger partial charge is 0.231 e. The lowest BCUT2D eigenvalue weighted by atomic mass is 9.77. The van der Waals surface area contributed by atoms with Gasteiger partial charge in [-0.15, -0.1) is 0 Å². The van der Waals surface area contributed by atoms with Gasteiger partial charge in [-0.3, -0.25) is 0 Å². The second kappa shape index (κ2) is 3.69. The van der Waals surface area contributed by atoms with E-state index in [-0.39, 0.29) is 23.2 Å². The molecule has 1 fully saturated rings. The van der Waals surface area contributed by atoms with Gasteiger partial charge in [0.25, 0.3) is 0 Å². The van der Waals surface area contributed by atoms with Gasteiger partial charge in [-0.2, -0.15) is 10.2 Å². The highest BCUT2D eigenvalue weighted by Crippen LogP contribution is 2.63. The van der Waals surface area contributed by atoms with Crippen LogP contribution in [0.5, 0.6) is 0 Å². The molecule has 1 aromatic heterocycles. The molecule has 0 bridgehead atoms. The van der Waals surface area contributed by atoms with Crippen LogP contribution in [0.1, 0.15) is 48.5 Å². The van der Waals surface area contributed by atoms with Gasteiger partial charge in [0.15, 0.2) is 5.82 Å². The van der Waals surface area contributed by atoms with E-state index < -0.39 is 0 Å². The normalized spacial score (nSPS) is 29.1. The first-order chi connectivity index (χ1) is 9.63. The third-order valence-corrected chi connectivity index (χ3v) is 4.86. The molecule has 4 heteroatoms. The Kier molecular flexibility index (Phi) is 2.15. The highest BCUT2D eigenvalue weighted by Gasteiger charge is 2.62. The zero-order chi connectivity index (χ0) is 13.9. The molecule has 3 atom stereocenters. The molecule has 0 radical (unpaired) electrons. The summed E-state index contributed by atoms with van der Waals surface area (Å²) in [6, 6.07) is 10.7. The second-order valence-electron chi connectivity index (χ2n) is 6.35. The number of nitrogens with zero attached hydrogens (tertiary/aromatic N) is 3. The van der Waals surface area contributed by atoms with Gasteiger partial charge < -0.3 is 4.52 Å². The van der Waals surface area contributed by atoms with Crippen molar-refractivity contribution in [3.63, 3.8) is 0 Å². The van der Waals surface area contributed by atoms with Crippen molar-refractivity contribution in [1.82, 2.24) is 10.1 Å². The van der Waals surface area contributed by atoms with Gasteiger partial charge in [-0.25, -0.2) is 0 Å². The van der Waals surface area contributed by atoms with E-state index in [1.807, 2.05) is 6.07 Å². The topological polar surface area (TPSA) is 62.7 Å². The van der Waals surface area contributed by atoms with Gasteiger partial charge in [0, 0.05) is 0 Å². The van der Waals surface area contributed by atoms with E-state index >= 15 is 0 Å². The predicted molar refractivity (Wildman–Crippen MR) is 71.9 cm³/mol. The Morgan fingerprint density at radius 3 is 2.85 bits per heavy atom. The summed E-state index contributed by atoms with van der Waals surface area (Å²) in [5.74, 6) is 1.72. The molecule has 100 valence electrons. The van der Waals surface area contributed by atoms with Crippen LogP contribution in [0.15, 0.2) is 28.8 Å². The summed E-state index contributed by atoms with van der Waals surface area (Å²) in [4.78, 5) is 4.56. The minimum absolute atomic E-state index is 0.00974. The molecule has 4 rings (SSSR count). The minimum atomic E-state index is -0.0456. The third-order valence-electron chi connectivity index (χ3n) is 4.86. The molecule has 4 nitrogen and oxygen atoms in total. The fourth-order valence-corrected chi connectivity index (χ4v) is 3.34. The standard InChI is InChI=1S/C16H15N3O/c1-16(2)12(8-17)13(16)15-18-14(19-20-15)11-7-9-5-3-4-6-10(9)11/h3-6,11-13H,7H2,1-2H3. The lowest BCUT2D eigenvalue weighted by Gasteiger charge is -2.27. The van der Waals surface area contributed by atoms with Gasteiger partial charge in [0.1, 0.15) is 0 Å². The number of fused-ring (bicyclic) bond motifs is 1. The van der Waals surface area contributed by atoms with Crippen molar-refractivity contribution in [2.24, 2.45) is 11.3 Å². The van der Waals surface area contributed by atoms with Crippen molar-refractivity contribution in [2.75, 3.05) is 0 Å². The third kappa shape index (κ3) is 1.41. The van der Waals surface area contributed by atoms with Crippen molar-refractivity contribution in [3.8, 4) is 6.07 Å². The number of hydrogen-bond acceptors (Lipinski definition) is 4. The van der Waals surface area contributed by atoms with Gasteiger partial charge in [0.05, 0.1) is 23.8 Å². The molecule has 1 aromatic carbocycles. The molecular formula is C16H15N3O. The average molecular weight is 265 g/mol. The van der Waals surface area contributed by atoms with E-state index in [2.05, 4.69) is 48.3 Å². The zero-order valence-electron chi connectivity index (χ0n) is 11.5. The summed E-state index contributed by atoms with van der Waals surface area (Å²) >= 11 is 0. The molecule has 0 amide bonds. The summed E-state index contributed by atoms with van der Waals surface area (Å²) < 4.78 is 5.42. The van der Waals surface area contributed by atoms with E-state index in [0.717, 1.165) is 12.2 Å². The number of nitriles is 1. The van der Waals surface area contributed by atoms with Crippen molar-refractivity contribution in [2.45, 2.75) is 32.1 Å². The molecule has 2 aliphatic rings. The first kappa shape index (κ1) is 11.7. The largest absolute Gasteiger partial charge is 0.339 e. The molecule has 2 aliphatic carbocycles. The molecule has 2 aromatic rings. The van der Waals surface area contributed by atoms with E-state index in [0.29, 0.717) is 5.89 Å². The summed E-state index contributed by atoms with van der Waals surface area (Å²) in [5, 5.41) is 13.3. The Balaban J connectivity index is 1.61. The maximum Gasteiger partial charge on any atom is 0.231 e. The lowest BCUT2D eigenvalue weighted by Crippen LogP contribution is -2.19. The van der Waals surface area contributed by atoms with Gasteiger partial charge in [-0.1, -0.05) is 43.3 Å². The fourth-order valence-electron chi connectivity index (χ4n) is 3.34. The first-order valence-electron chi connectivity index (χ1n) is 6.94. The Morgan fingerprint density at radius 1 is 1.35 bits per heavy atom. The Hall–Kier alpha value is -2.15. The van der Waals surface area contributed by atoms with Crippen LogP contribution in [-0.2, 0) is 6.42 Å². The molecule has 0 saturated heterocycles. The first-order valence-corrected chi connectivity index (χ1v) is 6.94. The van der Waals surface area contributed by atoms with Crippen LogP contribution >= 0.6 is 0 Å². The fraction of sp³-hybridized carbons (Fsp3) is 0.438. The quantitative estimate of drug-likeness (QED) is 0.837. The summed E-state index contributed by atoms with van der Waals surface area (Å²) in [6.45, 7) is 4.15. The lowest BCUT2D eigenvalue weighted by molar-refractivity contribution is 0.360. The number of hydrogen-bond donors (Lipinski definition) is 0. The molecule has 3 unspecified atom stereocenters. The van der Waals surface area contributed by atoms with Crippen LogP contribution in [0, 0.1) is 22.7 Å². The molecule has 0 N–H and O–H groups in total. The second-order valence-corrected chi connectivity index (χ2v) is 6.35. The van der Waals surface area contributed by atoms with Crippen molar-refractivity contribution >= 4 is 0 Å². The van der Waals surface area contributed by atoms with Crippen LogP contribution in [0.3, 0.4) is 0 Å². The van der Waals surface area contributed by atoms with Crippen molar-refractivity contribution in [3.05, 3.63) is 47.1 Å². The Morgan fingerprint density at radius 2 is 2.15 bits per heavy atom. The van der Waals surface area contributed by atoms with E-state index in [1.165, 1.54) is 11.1 Å². The van der Waals surface area contributed by atoms with Crippen LogP contribution in [0.25, 0.3) is 0 Å². The number of aromatic nitrogens is 2. The minimum Gasteiger partial charge on any atom is -0.339 e. The van der Waals surface area contributed by atoms with Crippen LogP contribution in [0.4, 0.5) is 0 Å². The molecule has 1 saturated carbocycles. The number of benzene rings is 1. The van der Waals surface area contributed by atoms with Crippen LogP contribution in [0.2, 0.25) is 0 Å². The zero-order valence-corrected chi connectivity index (χ0v) is 11.5. The molecule has 20 heavy (non-hydrogen) atoms. The van der Waals surface area contributed by atoms with Gasteiger partial charge >= 0.3 is 0 Å². The van der Waals surface area contributed by atoms with E-state index in [9.17, 15) is 0 Å². The summed E-state index contributed by atoms with van der Waals surface area (Å²) in [5.41, 5.74) is 2.62. The Bertz CT molecular complexity index is 725. The maximum absolute atomic E-state index is 9.14. The average Bonchev–Trinajstić information content (AvgIpc) is 2.74.